The molecule has 0 aromatic heterocycles. The Morgan fingerprint density at radius 2 is 1.57 bits per heavy atom. The summed E-state index contributed by atoms with van der Waals surface area (Å²) in [7, 11) is 4.45. The topological polar surface area (TPSA) is 87.9 Å². The van der Waals surface area contributed by atoms with Crippen molar-refractivity contribution < 1.29 is 24.7 Å². The molecule has 0 amide bonds. The smallest absolute Gasteiger partial charge is 0.140 e. The summed E-state index contributed by atoms with van der Waals surface area (Å²) in [4.78, 5) is 24.7. The molecule has 1 fully saturated rings. The highest BCUT2D eigenvalue weighted by molar-refractivity contribution is 5.99. The van der Waals surface area contributed by atoms with E-state index in [2.05, 4.69) is 32.8 Å². The number of rotatable bonds is 2. The van der Waals surface area contributed by atoms with Crippen LogP contribution >= 0.6 is 0 Å². The van der Waals surface area contributed by atoms with Crippen molar-refractivity contribution in [2.24, 2.45) is 0 Å². The first kappa shape index (κ1) is 17.1. The van der Waals surface area contributed by atoms with Crippen molar-refractivity contribution in [1.29, 1.82) is 0 Å². The van der Waals surface area contributed by atoms with Crippen LogP contribution in [-0.4, -0.2) is 49.7 Å². The predicted molar refractivity (Wildman–Crippen MR) is 73.5 cm³/mol. The van der Waals surface area contributed by atoms with Crippen LogP contribution in [0, 0.1) is 0 Å². The standard InChI is InChI=1S/C8H6O4.C7H16N2/c9-7(10)5-3-1-2-4-6(5)8(11)12;1-6-5-8(3)7(2)9(6)4/h1-4H,(H,9,10)(H,11,12);6-7H,5H2,1-4H3/p-1. The van der Waals surface area contributed by atoms with E-state index in [1.807, 2.05) is 0 Å². The number of hydrogen-bond donors (Lipinski definition) is 1. The molecule has 3 atom stereocenters. The van der Waals surface area contributed by atoms with Gasteiger partial charge in [0.05, 0.1) is 31.6 Å². The highest BCUT2D eigenvalue weighted by Gasteiger charge is 2.31. The van der Waals surface area contributed by atoms with Gasteiger partial charge in [0.1, 0.15) is 6.17 Å². The molecule has 0 radical (unpaired) electrons. The van der Waals surface area contributed by atoms with Crippen LogP contribution < -0.4 is 15.1 Å². The number of aromatic carboxylic acids is 2. The zero-order valence-electron chi connectivity index (χ0n) is 12.8. The van der Waals surface area contributed by atoms with Crippen molar-refractivity contribution in [1.82, 2.24) is 4.90 Å². The second kappa shape index (κ2) is 7.19. The molecule has 21 heavy (non-hydrogen) atoms. The van der Waals surface area contributed by atoms with Crippen LogP contribution in [0.4, 0.5) is 0 Å². The fourth-order valence-electron chi connectivity index (χ4n) is 2.35. The Labute approximate surface area is 124 Å². The van der Waals surface area contributed by atoms with Gasteiger partial charge in [0.25, 0.3) is 0 Å². The fraction of sp³-hybridized carbons (Fsp3) is 0.467. The number of carbonyl (C=O) groups is 2. The lowest BCUT2D eigenvalue weighted by atomic mass is 10.1. The van der Waals surface area contributed by atoms with Gasteiger partial charge in [0, 0.05) is 18.1 Å². The lowest BCUT2D eigenvalue weighted by molar-refractivity contribution is -0.896. The zero-order chi connectivity index (χ0) is 16.2. The maximum absolute atomic E-state index is 10.3. The van der Waals surface area contributed by atoms with E-state index in [9.17, 15) is 19.8 Å². The minimum Gasteiger partial charge on any atom is -0.545 e. The van der Waals surface area contributed by atoms with Crippen LogP contribution in [0.3, 0.4) is 0 Å². The minimum atomic E-state index is -1.52. The first-order valence-electron chi connectivity index (χ1n) is 6.81. The maximum atomic E-state index is 10.3. The monoisotopic (exact) mass is 293 g/mol. The number of carbonyl (C=O) groups excluding carboxylic acids is 2. The van der Waals surface area contributed by atoms with Gasteiger partial charge in [-0.2, -0.15) is 0 Å². The molecule has 1 saturated heterocycles. The van der Waals surface area contributed by atoms with Crippen LogP contribution in [0.15, 0.2) is 24.3 Å². The highest BCUT2D eigenvalue weighted by Crippen LogP contribution is 2.05. The van der Waals surface area contributed by atoms with E-state index in [1.165, 1.54) is 18.7 Å². The first-order valence-corrected chi connectivity index (χ1v) is 6.81. The van der Waals surface area contributed by atoms with Gasteiger partial charge < -0.3 is 24.7 Å². The van der Waals surface area contributed by atoms with Crippen molar-refractivity contribution in [2.45, 2.75) is 26.1 Å². The number of nitrogens with zero attached hydrogens (tertiary/aromatic N) is 1. The molecular formula is C15H21N2O4-. The third kappa shape index (κ3) is 4.27. The van der Waals surface area contributed by atoms with Gasteiger partial charge in [-0.1, -0.05) is 24.3 Å². The summed E-state index contributed by atoms with van der Waals surface area (Å²) in [5, 5.41) is 20.6. The summed E-state index contributed by atoms with van der Waals surface area (Å²) in [6.07, 6.45) is 0.708. The second-order valence-electron chi connectivity index (χ2n) is 5.36. The molecule has 2 rings (SSSR count). The van der Waals surface area contributed by atoms with E-state index in [0.29, 0.717) is 6.17 Å². The lowest BCUT2D eigenvalue weighted by Gasteiger charge is -2.17. The van der Waals surface area contributed by atoms with E-state index in [-0.39, 0.29) is 11.1 Å². The Morgan fingerprint density at radius 3 is 1.76 bits per heavy atom. The number of likely N-dealkylation sites (N-methyl/N-ethyl adjacent to an activating group) is 2. The third-order valence-electron chi connectivity index (χ3n) is 4.00. The Balaban J connectivity index is 0.000000219. The van der Waals surface area contributed by atoms with Crippen molar-refractivity contribution in [3.8, 4) is 0 Å². The van der Waals surface area contributed by atoms with Gasteiger partial charge in [-0.05, 0) is 14.0 Å². The van der Waals surface area contributed by atoms with E-state index in [0.717, 1.165) is 18.2 Å². The minimum absolute atomic E-state index is 0.363. The van der Waals surface area contributed by atoms with E-state index >= 15 is 0 Å². The first-order chi connectivity index (χ1) is 9.75. The quantitative estimate of drug-likeness (QED) is 0.656. The summed E-state index contributed by atoms with van der Waals surface area (Å²) in [5.74, 6) is -3.04. The van der Waals surface area contributed by atoms with Crippen LogP contribution in [0.25, 0.3) is 0 Å². The Bertz CT molecular complexity index is 473. The second-order valence-corrected chi connectivity index (χ2v) is 5.36. The molecule has 0 saturated carbocycles. The number of nitrogens with one attached hydrogen (secondary N) is 1. The zero-order valence-corrected chi connectivity index (χ0v) is 12.8. The summed E-state index contributed by atoms with van der Waals surface area (Å²) < 4.78 is 0. The summed E-state index contributed by atoms with van der Waals surface area (Å²) in [6, 6.07) is 5.90. The van der Waals surface area contributed by atoms with Gasteiger partial charge in [0.15, 0.2) is 0 Å². The summed E-state index contributed by atoms with van der Waals surface area (Å²) in [6.45, 7) is 5.85. The molecule has 1 heterocycles. The van der Waals surface area contributed by atoms with Crippen molar-refractivity contribution in [2.75, 3.05) is 20.6 Å². The van der Waals surface area contributed by atoms with Crippen molar-refractivity contribution in [3.63, 3.8) is 0 Å². The molecule has 1 aromatic carbocycles. The fourth-order valence-corrected chi connectivity index (χ4v) is 2.35. The molecule has 1 aromatic rings. The molecule has 0 spiro atoms. The van der Waals surface area contributed by atoms with Crippen LogP contribution in [0.1, 0.15) is 34.6 Å². The van der Waals surface area contributed by atoms with E-state index in [4.69, 9.17) is 0 Å². The highest BCUT2D eigenvalue weighted by atomic mass is 16.4. The SMILES string of the molecule is CC1C[NH+](C)C(C)N1C.O=C([O-])c1ccccc1C(=O)[O-]. The van der Waals surface area contributed by atoms with Crippen LogP contribution in [0.5, 0.6) is 0 Å². The van der Waals surface area contributed by atoms with Crippen molar-refractivity contribution >= 4 is 11.9 Å². The maximum Gasteiger partial charge on any atom is 0.140 e. The molecule has 116 valence electrons. The van der Waals surface area contributed by atoms with Crippen LogP contribution in [0.2, 0.25) is 0 Å². The van der Waals surface area contributed by atoms with Gasteiger partial charge in [-0.15, -0.1) is 0 Å². The molecule has 6 nitrogen and oxygen atoms in total. The number of hydrogen-bond acceptors (Lipinski definition) is 5. The molecule has 1 aliphatic heterocycles. The summed E-state index contributed by atoms with van der Waals surface area (Å²) in [5.41, 5.74) is -0.727. The molecule has 1 aliphatic rings. The third-order valence-corrected chi connectivity index (χ3v) is 4.00. The average Bonchev–Trinajstić information content (AvgIpc) is 2.66. The Morgan fingerprint density at radius 1 is 1.14 bits per heavy atom. The van der Waals surface area contributed by atoms with Gasteiger partial charge in [-0.3, -0.25) is 0 Å². The molecule has 1 N–H and O–H groups in total. The summed E-state index contributed by atoms with van der Waals surface area (Å²) >= 11 is 0. The Hall–Kier alpha value is -1.92. The molecule has 0 aliphatic carbocycles. The number of benzene rings is 1. The molecule has 0 bridgehead atoms. The predicted octanol–water partition coefficient (Wildman–Crippen LogP) is -2.41. The van der Waals surface area contributed by atoms with Gasteiger partial charge in [0.2, 0.25) is 0 Å². The van der Waals surface area contributed by atoms with Crippen molar-refractivity contribution in [3.05, 3.63) is 35.4 Å². The largest absolute Gasteiger partial charge is 0.545 e. The number of carboxylic acids is 2. The van der Waals surface area contributed by atoms with E-state index < -0.39 is 11.9 Å². The van der Waals surface area contributed by atoms with Gasteiger partial charge >= 0.3 is 0 Å². The average molecular weight is 293 g/mol. The van der Waals surface area contributed by atoms with Gasteiger partial charge in [-0.25, -0.2) is 4.90 Å². The number of quaternary nitrogens is 1. The van der Waals surface area contributed by atoms with E-state index in [1.54, 1.807) is 4.90 Å². The lowest BCUT2D eigenvalue weighted by Crippen LogP contribution is -3.11. The molecule has 6 heteroatoms. The van der Waals surface area contributed by atoms with Crippen LogP contribution in [-0.2, 0) is 0 Å². The molecular weight excluding hydrogens is 272 g/mol. The Kier molecular flexibility index (Phi) is 5.87. The number of carboxylic acid groups (broad SMARTS) is 2. The molecule has 3 unspecified atom stereocenters. The normalized spacial score (nSPS) is 25.0.